The number of piperidine rings is 1. The maximum Gasteiger partial charge on any atom is 0.143 e. The predicted molar refractivity (Wildman–Crippen MR) is 109 cm³/mol. The summed E-state index contributed by atoms with van der Waals surface area (Å²) in [5, 5.41) is 13.9. The number of aliphatic hydroxyl groups excluding tert-OH is 1. The summed E-state index contributed by atoms with van der Waals surface area (Å²) in [5.74, 6) is 1.88. The number of hydrogen-bond donors (Lipinski definition) is 1. The van der Waals surface area contributed by atoms with Gasteiger partial charge in [-0.05, 0) is 52.3 Å². The maximum atomic E-state index is 9.82. The van der Waals surface area contributed by atoms with Crippen LogP contribution in [0.1, 0.15) is 53.0 Å². The monoisotopic (exact) mass is 393 g/mol. The second kappa shape index (κ2) is 8.39. The van der Waals surface area contributed by atoms with E-state index < -0.39 is 0 Å². The van der Waals surface area contributed by atoms with Gasteiger partial charge in [0.05, 0.1) is 29.3 Å². The first-order valence-electron chi connectivity index (χ1n) is 10.1. The normalized spacial score (nSPS) is 17.6. The van der Waals surface area contributed by atoms with Crippen molar-refractivity contribution in [2.75, 3.05) is 13.1 Å². The average Bonchev–Trinajstić information content (AvgIpc) is 3.06. The van der Waals surface area contributed by atoms with Crippen molar-refractivity contribution < 1.29 is 9.63 Å². The quantitative estimate of drug-likeness (QED) is 0.711. The fraction of sp³-hybridized carbons (Fsp3) is 0.455. The second-order valence-corrected chi connectivity index (χ2v) is 7.77. The first-order chi connectivity index (χ1) is 14.0. The molecule has 0 spiro atoms. The lowest BCUT2D eigenvalue weighted by molar-refractivity contribution is 0.196. The van der Waals surface area contributed by atoms with Crippen molar-refractivity contribution in [1.82, 2.24) is 25.0 Å². The van der Waals surface area contributed by atoms with E-state index in [1.54, 1.807) is 0 Å². The number of aryl methyl sites for hydroxylation is 3. The van der Waals surface area contributed by atoms with Gasteiger partial charge in [0, 0.05) is 36.5 Å². The van der Waals surface area contributed by atoms with Crippen LogP contribution in [-0.4, -0.2) is 43.2 Å². The topological polar surface area (TPSA) is 88.2 Å². The number of likely N-dealkylation sites (tertiary alicyclic amines) is 1. The van der Waals surface area contributed by atoms with Crippen LogP contribution in [0.25, 0.3) is 11.3 Å². The largest absolute Gasteiger partial charge is 0.392 e. The van der Waals surface area contributed by atoms with E-state index in [1.807, 2.05) is 39.1 Å². The average molecular weight is 393 g/mol. The van der Waals surface area contributed by atoms with E-state index in [1.165, 1.54) is 0 Å². The Hall–Kier alpha value is -2.64. The van der Waals surface area contributed by atoms with Crippen LogP contribution in [0.4, 0.5) is 0 Å². The van der Waals surface area contributed by atoms with Crippen molar-refractivity contribution in [2.24, 2.45) is 0 Å². The molecule has 1 fully saturated rings. The molecule has 0 aromatic carbocycles. The van der Waals surface area contributed by atoms with Gasteiger partial charge < -0.3 is 9.63 Å². The first-order valence-corrected chi connectivity index (χ1v) is 10.1. The summed E-state index contributed by atoms with van der Waals surface area (Å²) >= 11 is 0. The van der Waals surface area contributed by atoms with E-state index in [-0.39, 0.29) is 6.61 Å². The molecule has 0 amide bonds. The molecule has 1 saturated heterocycles. The zero-order chi connectivity index (χ0) is 20.4. The maximum absolute atomic E-state index is 9.82. The van der Waals surface area contributed by atoms with Gasteiger partial charge in [0.1, 0.15) is 11.6 Å². The molecule has 0 bridgehead atoms. The van der Waals surface area contributed by atoms with Crippen LogP contribution >= 0.6 is 0 Å². The third-order valence-corrected chi connectivity index (χ3v) is 5.58. The van der Waals surface area contributed by atoms with Gasteiger partial charge >= 0.3 is 0 Å². The number of aliphatic hydroxyl groups is 1. The first kappa shape index (κ1) is 19.7. The molecule has 3 aromatic heterocycles. The van der Waals surface area contributed by atoms with Gasteiger partial charge in [-0.3, -0.25) is 9.88 Å². The van der Waals surface area contributed by atoms with Crippen molar-refractivity contribution in [3.8, 4) is 11.3 Å². The van der Waals surface area contributed by atoms with E-state index in [9.17, 15) is 5.11 Å². The van der Waals surface area contributed by atoms with Gasteiger partial charge in [-0.15, -0.1) is 0 Å². The van der Waals surface area contributed by atoms with Crippen LogP contribution in [0.3, 0.4) is 0 Å². The Morgan fingerprint density at radius 3 is 2.76 bits per heavy atom. The lowest BCUT2D eigenvalue weighted by atomic mass is 9.92. The molecule has 1 N–H and O–H groups in total. The smallest absolute Gasteiger partial charge is 0.143 e. The van der Waals surface area contributed by atoms with E-state index in [0.29, 0.717) is 5.92 Å². The summed E-state index contributed by atoms with van der Waals surface area (Å²) in [6.45, 7) is 8.48. The van der Waals surface area contributed by atoms with E-state index >= 15 is 0 Å². The molecule has 0 saturated carbocycles. The minimum absolute atomic E-state index is 0.0590. The number of aromatic nitrogens is 4. The van der Waals surface area contributed by atoms with Gasteiger partial charge in [-0.1, -0.05) is 11.2 Å². The molecule has 29 heavy (non-hydrogen) atoms. The molecule has 7 heteroatoms. The Balaban J connectivity index is 1.58. The molecule has 152 valence electrons. The third kappa shape index (κ3) is 4.21. The van der Waals surface area contributed by atoms with Crippen LogP contribution in [-0.2, 0) is 13.2 Å². The van der Waals surface area contributed by atoms with Gasteiger partial charge in [0.15, 0.2) is 0 Å². The molecule has 0 radical (unpaired) electrons. The van der Waals surface area contributed by atoms with Crippen molar-refractivity contribution in [1.29, 1.82) is 0 Å². The van der Waals surface area contributed by atoms with Crippen LogP contribution in [0, 0.1) is 20.8 Å². The lowest BCUT2D eigenvalue weighted by Crippen LogP contribution is -2.34. The summed E-state index contributed by atoms with van der Waals surface area (Å²) in [6.07, 6.45) is 4.05. The van der Waals surface area contributed by atoms with Gasteiger partial charge in [-0.25, -0.2) is 9.97 Å². The fourth-order valence-electron chi connectivity index (χ4n) is 4.16. The lowest BCUT2D eigenvalue weighted by Gasteiger charge is -2.32. The minimum Gasteiger partial charge on any atom is -0.392 e. The van der Waals surface area contributed by atoms with E-state index in [0.717, 1.165) is 78.0 Å². The summed E-state index contributed by atoms with van der Waals surface area (Å²) in [5.41, 5.74) is 5.38. The number of hydrogen-bond acceptors (Lipinski definition) is 7. The summed E-state index contributed by atoms with van der Waals surface area (Å²) in [6, 6.07) is 6.02. The SMILES string of the molecule is Cc1nccc(CN2CCCC(c3ccc(CO)c(-c4c(C)noc4C)n3)C2)n1. The fourth-order valence-corrected chi connectivity index (χ4v) is 4.16. The predicted octanol–water partition coefficient (Wildman–Crippen LogP) is 3.32. The van der Waals surface area contributed by atoms with Crippen LogP contribution in [0.15, 0.2) is 28.9 Å². The Morgan fingerprint density at radius 2 is 2.03 bits per heavy atom. The highest BCUT2D eigenvalue weighted by molar-refractivity contribution is 5.67. The summed E-state index contributed by atoms with van der Waals surface area (Å²) in [7, 11) is 0. The molecule has 7 nitrogen and oxygen atoms in total. The number of pyridine rings is 1. The van der Waals surface area contributed by atoms with Crippen LogP contribution < -0.4 is 0 Å². The minimum atomic E-state index is -0.0590. The van der Waals surface area contributed by atoms with E-state index in [2.05, 4.69) is 26.1 Å². The molecule has 4 heterocycles. The van der Waals surface area contributed by atoms with Crippen LogP contribution in [0.2, 0.25) is 0 Å². The summed E-state index contributed by atoms with van der Waals surface area (Å²) in [4.78, 5) is 16.1. The zero-order valence-electron chi connectivity index (χ0n) is 17.2. The highest BCUT2D eigenvalue weighted by Crippen LogP contribution is 2.32. The molecule has 1 aliphatic rings. The van der Waals surface area contributed by atoms with Crippen molar-refractivity contribution in [2.45, 2.75) is 52.7 Å². The number of rotatable bonds is 5. The number of nitrogens with zero attached hydrogens (tertiary/aromatic N) is 5. The standard InChI is InChI=1S/C22H27N5O2/c1-14-21(15(2)29-26-14)22-18(13-28)6-7-20(25-22)17-5-4-10-27(11-17)12-19-8-9-23-16(3)24-19/h6-9,17,28H,4-5,10-13H2,1-3H3. The van der Waals surface area contributed by atoms with Gasteiger partial charge in [-0.2, -0.15) is 0 Å². The molecule has 1 aliphatic heterocycles. The second-order valence-electron chi connectivity index (χ2n) is 7.77. The van der Waals surface area contributed by atoms with E-state index in [4.69, 9.17) is 9.51 Å². The van der Waals surface area contributed by atoms with Crippen molar-refractivity contribution in [3.63, 3.8) is 0 Å². The molecular formula is C22H27N5O2. The molecule has 4 rings (SSSR count). The van der Waals surface area contributed by atoms with Gasteiger partial charge in [0.2, 0.25) is 0 Å². The zero-order valence-corrected chi connectivity index (χ0v) is 17.2. The highest BCUT2D eigenvalue weighted by Gasteiger charge is 2.25. The Kier molecular flexibility index (Phi) is 5.69. The summed E-state index contributed by atoms with van der Waals surface area (Å²) < 4.78 is 5.34. The Bertz CT molecular complexity index is 981. The van der Waals surface area contributed by atoms with Gasteiger partial charge in [0.25, 0.3) is 0 Å². The molecule has 1 unspecified atom stereocenters. The van der Waals surface area contributed by atoms with Crippen molar-refractivity contribution in [3.05, 3.63) is 58.6 Å². The molecular weight excluding hydrogens is 366 g/mol. The third-order valence-electron chi connectivity index (χ3n) is 5.58. The van der Waals surface area contributed by atoms with Crippen molar-refractivity contribution >= 4 is 0 Å². The highest BCUT2D eigenvalue weighted by atomic mass is 16.5. The Morgan fingerprint density at radius 1 is 1.17 bits per heavy atom. The molecule has 3 aromatic rings. The molecule has 0 aliphatic carbocycles. The molecule has 1 atom stereocenters. The van der Waals surface area contributed by atoms with Crippen LogP contribution in [0.5, 0.6) is 0 Å². The Labute approximate surface area is 170 Å².